The highest BCUT2D eigenvalue weighted by Gasteiger charge is 2.76. The minimum Gasteiger partial charge on any atom is -0.460 e. The van der Waals surface area contributed by atoms with Gasteiger partial charge in [0.25, 0.3) is 5.91 Å². The van der Waals surface area contributed by atoms with Crippen LogP contribution < -0.4 is 10.6 Å². The van der Waals surface area contributed by atoms with Crippen molar-refractivity contribution in [1.82, 2.24) is 15.7 Å². The summed E-state index contributed by atoms with van der Waals surface area (Å²) in [5.74, 6) is -3.25. The van der Waals surface area contributed by atoms with E-state index in [0.29, 0.717) is 11.1 Å². The normalized spacial score (nSPS) is 25.8. The van der Waals surface area contributed by atoms with Crippen molar-refractivity contribution in [3.8, 4) is 0 Å². The van der Waals surface area contributed by atoms with Crippen molar-refractivity contribution in [1.29, 1.82) is 0 Å². The lowest BCUT2D eigenvalue weighted by Gasteiger charge is -2.48. The molecule has 3 saturated heterocycles. The van der Waals surface area contributed by atoms with Gasteiger partial charge in [0.15, 0.2) is 6.04 Å². The maximum atomic E-state index is 15.0. The minimum atomic E-state index is -1.44. The van der Waals surface area contributed by atoms with Crippen LogP contribution in [0.1, 0.15) is 72.6 Å². The number of ether oxygens (including phenoxy) is 4. The molecule has 7 atom stereocenters. The molecule has 3 aliphatic heterocycles. The lowest BCUT2D eigenvalue weighted by molar-refractivity contribution is -0.213. The van der Waals surface area contributed by atoms with Crippen molar-refractivity contribution in [2.45, 2.75) is 101 Å². The van der Waals surface area contributed by atoms with Gasteiger partial charge in [-0.2, -0.15) is 5.06 Å². The molecular weight excluding hydrogens is 881 g/mol. The average molecular weight is 930 g/mol. The van der Waals surface area contributed by atoms with E-state index >= 15 is 0 Å². The second kappa shape index (κ2) is 17.0. The highest BCUT2D eigenvalue weighted by Crippen LogP contribution is 2.59. The SMILES string of the molecule is CC(C)(C)OC(=O)CC[C@@H](CO)NC(=O)c1cccc(CNC(=O)[C@@]23C[C@H]4OC(=O)[C@@H]2N(Cc2ccc(I)cc2)O[C@@H]3[C@H]2OC(c3ccccc3)(c3ccccc3)O[C@H]24)c1. The summed E-state index contributed by atoms with van der Waals surface area (Å²) in [6, 6.07) is 32.0. The molecule has 0 spiro atoms. The fourth-order valence-electron chi connectivity index (χ4n) is 8.79. The molecule has 4 fully saturated rings. The molecule has 3 N–H and O–H groups in total. The number of hydrogen-bond acceptors (Lipinski definition) is 11. The molecule has 0 aromatic heterocycles. The van der Waals surface area contributed by atoms with Gasteiger partial charge in [-0.1, -0.05) is 84.9 Å². The number of fused-ring (bicyclic) bond motifs is 4. The van der Waals surface area contributed by atoms with E-state index in [2.05, 4.69) is 33.2 Å². The summed E-state index contributed by atoms with van der Waals surface area (Å²) < 4.78 is 26.6. The zero-order valence-electron chi connectivity index (χ0n) is 33.5. The summed E-state index contributed by atoms with van der Waals surface area (Å²) >= 11 is 2.23. The van der Waals surface area contributed by atoms with Crippen molar-refractivity contribution in [2.24, 2.45) is 5.41 Å². The molecule has 1 saturated carbocycles. The molecule has 1 aliphatic carbocycles. The molecule has 0 unspecified atom stereocenters. The number of halogens is 1. The number of amides is 2. The maximum absolute atomic E-state index is 15.0. The number of rotatable bonds is 13. The van der Waals surface area contributed by atoms with E-state index in [1.807, 2.05) is 84.9 Å². The molecule has 2 amide bonds. The number of hydrogen-bond donors (Lipinski definition) is 3. The number of aliphatic hydroxyl groups excluding tert-OH is 1. The van der Waals surface area contributed by atoms with Crippen molar-refractivity contribution < 1.29 is 48.1 Å². The molecule has 0 radical (unpaired) electrons. The monoisotopic (exact) mass is 929 g/mol. The number of carbonyl (C=O) groups is 4. The molecule has 4 aliphatic rings. The van der Waals surface area contributed by atoms with Crippen LogP contribution in [0.3, 0.4) is 0 Å². The van der Waals surface area contributed by atoms with Crippen LogP contribution in [0.15, 0.2) is 109 Å². The molecule has 3 heterocycles. The Kier molecular flexibility index (Phi) is 11.9. The fraction of sp³-hybridized carbons (Fsp3) is 0.391. The zero-order valence-corrected chi connectivity index (χ0v) is 35.7. The van der Waals surface area contributed by atoms with E-state index in [-0.39, 0.29) is 39.0 Å². The maximum Gasteiger partial charge on any atom is 0.327 e. The van der Waals surface area contributed by atoms with Crippen LogP contribution in [0.2, 0.25) is 0 Å². The van der Waals surface area contributed by atoms with E-state index in [1.165, 1.54) is 0 Å². The third kappa shape index (κ3) is 8.20. The number of nitrogens with zero attached hydrogens (tertiary/aromatic N) is 1. The third-order valence-electron chi connectivity index (χ3n) is 11.5. The van der Waals surface area contributed by atoms with Crippen LogP contribution in [-0.2, 0) is 57.0 Å². The molecule has 14 heteroatoms. The highest BCUT2D eigenvalue weighted by atomic mass is 127. The molecular formula is C46H48IN3O10. The first-order chi connectivity index (χ1) is 28.8. The lowest BCUT2D eigenvalue weighted by Crippen LogP contribution is -2.69. The Morgan fingerprint density at radius 1 is 0.900 bits per heavy atom. The molecule has 60 heavy (non-hydrogen) atoms. The van der Waals surface area contributed by atoms with Gasteiger partial charge >= 0.3 is 11.9 Å². The topological polar surface area (TPSA) is 162 Å². The van der Waals surface area contributed by atoms with Crippen molar-refractivity contribution in [2.75, 3.05) is 6.61 Å². The number of hydroxylamine groups is 2. The van der Waals surface area contributed by atoms with Gasteiger partial charge in [-0.3, -0.25) is 24.0 Å². The zero-order chi connectivity index (χ0) is 42.2. The highest BCUT2D eigenvalue weighted by molar-refractivity contribution is 14.1. The molecule has 4 aromatic carbocycles. The molecule has 13 nitrogen and oxygen atoms in total. The van der Waals surface area contributed by atoms with Crippen LogP contribution in [0.25, 0.3) is 0 Å². The summed E-state index contributed by atoms with van der Waals surface area (Å²) in [7, 11) is 0. The van der Waals surface area contributed by atoms with E-state index in [9.17, 15) is 24.3 Å². The Morgan fingerprint density at radius 2 is 1.57 bits per heavy atom. The van der Waals surface area contributed by atoms with Crippen LogP contribution in [0.4, 0.5) is 0 Å². The summed E-state index contributed by atoms with van der Waals surface area (Å²) in [6.45, 7) is 5.19. The van der Waals surface area contributed by atoms with Gasteiger partial charge in [0.1, 0.15) is 35.4 Å². The largest absolute Gasteiger partial charge is 0.460 e. The average Bonchev–Trinajstić information content (AvgIpc) is 3.82. The summed E-state index contributed by atoms with van der Waals surface area (Å²) in [5, 5.41) is 17.4. The van der Waals surface area contributed by atoms with E-state index in [1.54, 1.807) is 50.1 Å². The molecule has 8 rings (SSSR count). The number of aliphatic hydroxyl groups is 1. The first-order valence-electron chi connectivity index (χ1n) is 20.2. The quantitative estimate of drug-likeness (QED) is 0.118. The van der Waals surface area contributed by atoms with E-state index < -0.39 is 77.1 Å². The molecule has 4 aromatic rings. The Labute approximate surface area is 362 Å². The van der Waals surface area contributed by atoms with Crippen LogP contribution in [-0.4, -0.2) is 82.6 Å². The first kappa shape index (κ1) is 42.0. The second-order valence-electron chi connectivity index (χ2n) is 16.7. The van der Waals surface area contributed by atoms with Gasteiger partial charge in [0, 0.05) is 39.6 Å². The Bertz CT molecular complexity index is 2180. The molecule has 314 valence electrons. The third-order valence-corrected chi connectivity index (χ3v) is 12.2. The number of benzene rings is 4. The van der Waals surface area contributed by atoms with E-state index in [4.69, 9.17) is 23.8 Å². The first-order valence-corrected chi connectivity index (χ1v) is 21.2. The van der Waals surface area contributed by atoms with Crippen LogP contribution >= 0.6 is 22.6 Å². The smallest absolute Gasteiger partial charge is 0.327 e. The van der Waals surface area contributed by atoms with Gasteiger partial charge in [-0.15, -0.1) is 0 Å². The van der Waals surface area contributed by atoms with Gasteiger partial charge in [0.2, 0.25) is 11.7 Å². The van der Waals surface area contributed by atoms with E-state index in [0.717, 1.165) is 20.3 Å². The van der Waals surface area contributed by atoms with Crippen LogP contribution in [0, 0.1) is 8.99 Å². The van der Waals surface area contributed by atoms with Crippen molar-refractivity contribution >= 4 is 46.3 Å². The van der Waals surface area contributed by atoms with Gasteiger partial charge in [-0.25, -0.2) is 0 Å². The molecule has 2 bridgehead atoms. The lowest BCUT2D eigenvalue weighted by atomic mass is 9.62. The fourth-order valence-corrected chi connectivity index (χ4v) is 9.15. The van der Waals surface area contributed by atoms with Gasteiger partial charge in [-0.05, 0) is 85.2 Å². The second-order valence-corrected chi connectivity index (χ2v) is 18.0. The Morgan fingerprint density at radius 3 is 2.22 bits per heavy atom. The minimum absolute atomic E-state index is 0.0249. The van der Waals surface area contributed by atoms with Gasteiger partial charge < -0.3 is 34.7 Å². The Hall–Kier alpha value is -4.71. The predicted octanol–water partition coefficient (Wildman–Crippen LogP) is 5.31. The summed E-state index contributed by atoms with van der Waals surface area (Å²) in [4.78, 5) is 61.6. The van der Waals surface area contributed by atoms with Gasteiger partial charge in [0.05, 0.1) is 19.2 Å². The van der Waals surface area contributed by atoms with Crippen molar-refractivity contribution in [3.63, 3.8) is 0 Å². The Balaban J connectivity index is 1.06. The number of nitrogens with one attached hydrogen (secondary N) is 2. The standard InChI is InChI=1S/C46H48IN3O10/c1-44(2,3)57-36(52)22-21-34(27-51)49-41(53)30-12-10-11-29(23-30)25-48-43(55)45-24-35-37-38(59-46(58-37,31-13-6-4-7-14-31)32-15-8-5-9-16-32)40(45)60-50(39(45)42(54)56-35)26-28-17-19-33(47)20-18-28/h4-20,23,34-35,37-40,51H,21-22,24-27H2,1-3H3,(H,48,55)(H,49,53)/t34-,35+,37-,38-,39-,40+,45-/m0/s1. The number of esters is 2. The predicted molar refractivity (Wildman–Crippen MR) is 225 cm³/mol. The number of carbonyl (C=O) groups excluding carboxylic acids is 4. The van der Waals surface area contributed by atoms with Crippen LogP contribution in [0.5, 0.6) is 0 Å². The summed E-state index contributed by atoms with van der Waals surface area (Å²) in [6.07, 6.45) is -3.01. The van der Waals surface area contributed by atoms with Crippen molar-refractivity contribution in [3.05, 3.63) is 141 Å². The summed E-state index contributed by atoms with van der Waals surface area (Å²) in [5.41, 5.74) is 1.22.